The Kier molecular flexibility index (Phi) is 8.74. The lowest BCUT2D eigenvalue weighted by molar-refractivity contribution is -0.136. The van der Waals surface area contributed by atoms with Crippen LogP contribution in [0.4, 0.5) is 18.0 Å². The average molecular weight is 615 g/mol. The van der Waals surface area contributed by atoms with Crippen LogP contribution in [-0.4, -0.2) is 34.3 Å². The van der Waals surface area contributed by atoms with E-state index < -0.39 is 11.7 Å². The van der Waals surface area contributed by atoms with Gasteiger partial charge < -0.3 is 14.4 Å². The highest BCUT2D eigenvalue weighted by atomic mass is 32.2. The van der Waals surface area contributed by atoms with Gasteiger partial charge in [-0.15, -0.1) is 11.8 Å². The van der Waals surface area contributed by atoms with Gasteiger partial charge in [0.2, 0.25) is 0 Å². The summed E-state index contributed by atoms with van der Waals surface area (Å²) in [5.74, 6) is 1.23. The van der Waals surface area contributed by atoms with Crippen LogP contribution in [0.1, 0.15) is 24.0 Å². The molecule has 0 saturated carbocycles. The molecule has 2 heterocycles. The van der Waals surface area contributed by atoms with Crippen molar-refractivity contribution in [3.05, 3.63) is 120 Å². The zero-order valence-electron chi connectivity index (χ0n) is 23.7. The summed E-state index contributed by atoms with van der Waals surface area (Å²) in [7, 11) is 0. The average Bonchev–Trinajstić information content (AvgIpc) is 3.04. The molecule has 0 unspecified atom stereocenters. The number of alkyl halides is 3. The van der Waals surface area contributed by atoms with E-state index in [9.17, 15) is 18.0 Å². The molecule has 1 aromatic heterocycles. The number of thioether (sulfide) groups is 1. The molecular formula is C35H29F3N2O3S. The number of ether oxygens (including phenoxy) is 2. The summed E-state index contributed by atoms with van der Waals surface area (Å²) in [4.78, 5) is 19.4. The molecule has 0 N–H and O–H groups in total. The first-order chi connectivity index (χ1) is 21.3. The fourth-order valence-electron chi connectivity index (χ4n) is 5.29. The topological polar surface area (TPSA) is 51.7 Å². The van der Waals surface area contributed by atoms with Gasteiger partial charge in [-0.25, -0.2) is 4.79 Å². The highest BCUT2D eigenvalue weighted by molar-refractivity contribution is 8.00. The smallest absolute Gasteiger partial charge is 0.418 e. The van der Waals surface area contributed by atoms with Crippen molar-refractivity contribution in [2.75, 3.05) is 13.1 Å². The summed E-state index contributed by atoms with van der Waals surface area (Å²) in [6.45, 7) is 1.55. The van der Waals surface area contributed by atoms with E-state index in [-0.39, 0.29) is 18.2 Å². The van der Waals surface area contributed by atoms with Crippen molar-refractivity contribution < 1.29 is 27.4 Å². The van der Waals surface area contributed by atoms with E-state index in [0.717, 1.165) is 34.9 Å². The van der Waals surface area contributed by atoms with Gasteiger partial charge in [0.25, 0.3) is 0 Å². The minimum absolute atomic E-state index is 0.0801. The van der Waals surface area contributed by atoms with Crippen LogP contribution in [0.25, 0.3) is 22.0 Å². The molecule has 9 heteroatoms. The minimum atomic E-state index is -4.50. The largest absolute Gasteiger partial charge is 0.457 e. The molecule has 5 nitrogen and oxygen atoms in total. The maximum absolute atomic E-state index is 13.6. The minimum Gasteiger partial charge on any atom is -0.457 e. The highest BCUT2D eigenvalue weighted by Gasteiger charge is 2.33. The molecule has 6 rings (SSSR count). The van der Waals surface area contributed by atoms with Crippen molar-refractivity contribution in [1.82, 2.24) is 9.88 Å². The van der Waals surface area contributed by atoms with E-state index in [1.165, 1.54) is 12.3 Å². The molecule has 0 atom stereocenters. The molecule has 0 bridgehead atoms. The first kappa shape index (κ1) is 29.6. The van der Waals surface area contributed by atoms with Crippen molar-refractivity contribution in [1.29, 1.82) is 0 Å². The van der Waals surface area contributed by atoms with Crippen LogP contribution < -0.4 is 4.74 Å². The number of likely N-dealkylation sites (tertiary alicyclic amines) is 1. The van der Waals surface area contributed by atoms with Gasteiger partial charge in [0.1, 0.15) is 18.1 Å². The number of benzene rings is 4. The highest BCUT2D eigenvalue weighted by Crippen LogP contribution is 2.38. The molecular weight excluding hydrogens is 585 g/mol. The second-order valence-electron chi connectivity index (χ2n) is 10.5. The van der Waals surface area contributed by atoms with Crippen LogP contribution in [0, 0.1) is 0 Å². The lowest BCUT2D eigenvalue weighted by atomic mass is 9.99. The van der Waals surface area contributed by atoms with Crippen molar-refractivity contribution in [2.45, 2.75) is 35.8 Å². The third-order valence-electron chi connectivity index (χ3n) is 7.47. The number of para-hydroxylation sites is 1. The zero-order chi connectivity index (χ0) is 30.5. The predicted molar refractivity (Wildman–Crippen MR) is 166 cm³/mol. The van der Waals surface area contributed by atoms with Crippen LogP contribution in [0.5, 0.6) is 11.5 Å². The number of fused-ring (bicyclic) bond motifs is 1. The second-order valence-corrected chi connectivity index (χ2v) is 11.9. The molecule has 1 fully saturated rings. The van der Waals surface area contributed by atoms with Crippen molar-refractivity contribution in [2.24, 2.45) is 0 Å². The quantitative estimate of drug-likeness (QED) is 0.183. The maximum atomic E-state index is 13.6. The molecule has 0 radical (unpaired) electrons. The lowest BCUT2D eigenvalue weighted by Gasteiger charge is -2.31. The van der Waals surface area contributed by atoms with Gasteiger partial charge in [-0.2, -0.15) is 13.2 Å². The van der Waals surface area contributed by atoms with E-state index >= 15 is 0 Å². The Morgan fingerprint density at radius 1 is 0.864 bits per heavy atom. The summed E-state index contributed by atoms with van der Waals surface area (Å²) >= 11 is 1.76. The summed E-state index contributed by atoms with van der Waals surface area (Å²) < 4.78 is 52.4. The Labute approximate surface area is 257 Å². The van der Waals surface area contributed by atoms with Crippen LogP contribution in [0.15, 0.2) is 114 Å². The lowest BCUT2D eigenvalue weighted by Crippen LogP contribution is -2.39. The van der Waals surface area contributed by atoms with E-state index in [1.807, 2.05) is 78.9 Å². The number of hydrogen-bond donors (Lipinski definition) is 0. The molecule has 0 aliphatic carbocycles. The SMILES string of the molecule is O=C(OCc1ccccc1)N1CCC(Sc2cccc(Oc3cccc(-c4ccnc5c(C(F)(F)F)cccc45)c3)c2)CC1. The number of pyridine rings is 1. The molecule has 1 amide bonds. The van der Waals surface area contributed by atoms with Crippen LogP contribution in [0.3, 0.4) is 0 Å². The number of carbonyl (C=O) groups is 1. The zero-order valence-corrected chi connectivity index (χ0v) is 24.5. The van der Waals surface area contributed by atoms with Gasteiger partial charge in [-0.3, -0.25) is 4.98 Å². The van der Waals surface area contributed by atoms with E-state index in [0.29, 0.717) is 40.8 Å². The monoisotopic (exact) mass is 614 g/mol. The molecule has 1 aliphatic rings. The van der Waals surface area contributed by atoms with Crippen molar-refractivity contribution in [3.63, 3.8) is 0 Å². The third-order valence-corrected chi connectivity index (χ3v) is 8.80. The van der Waals surface area contributed by atoms with Crippen molar-refractivity contribution in [3.8, 4) is 22.6 Å². The Hall–Kier alpha value is -4.50. The molecule has 4 aromatic carbocycles. The molecule has 224 valence electrons. The Morgan fingerprint density at radius 2 is 1.59 bits per heavy atom. The summed E-state index contributed by atoms with van der Waals surface area (Å²) in [6, 6.07) is 30.6. The van der Waals surface area contributed by atoms with Gasteiger partial charge in [-0.1, -0.05) is 60.7 Å². The first-order valence-electron chi connectivity index (χ1n) is 14.3. The van der Waals surface area contributed by atoms with Crippen LogP contribution >= 0.6 is 11.8 Å². The number of piperidine rings is 1. The summed E-state index contributed by atoms with van der Waals surface area (Å²) in [5, 5.41) is 0.779. The molecule has 0 spiro atoms. The van der Waals surface area contributed by atoms with E-state index in [4.69, 9.17) is 9.47 Å². The Balaban J connectivity index is 1.09. The number of rotatable bonds is 7. The third kappa shape index (κ3) is 7.00. The van der Waals surface area contributed by atoms with Gasteiger partial charge in [-0.05, 0) is 72.0 Å². The fraction of sp³-hybridized carbons (Fsp3) is 0.200. The second kappa shape index (κ2) is 13.0. The van der Waals surface area contributed by atoms with Gasteiger partial charge in [0.15, 0.2) is 0 Å². The van der Waals surface area contributed by atoms with Crippen LogP contribution in [0.2, 0.25) is 0 Å². The van der Waals surface area contributed by atoms with E-state index in [2.05, 4.69) is 4.98 Å². The summed E-state index contributed by atoms with van der Waals surface area (Å²) in [6.07, 6.45) is -1.66. The Bertz CT molecular complexity index is 1760. The number of halogens is 3. The fourth-order valence-corrected chi connectivity index (χ4v) is 6.46. The van der Waals surface area contributed by atoms with E-state index in [1.54, 1.807) is 28.8 Å². The number of hydrogen-bond acceptors (Lipinski definition) is 5. The first-order valence-corrected chi connectivity index (χ1v) is 15.2. The van der Waals surface area contributed by atoms with Gasteiger partial charge in [0, 0.05) is 34.8 Å². The van der Waals surface area contributed by atoms with Gasteiger partial charge >= 0.3 is 12.3 Å². The number of amides is 1. The maximum Gasteiger partial charge on any atom is 0.418 e. The van der Waals surface area contributed by atoms with Crippen LogP contribution in [-0.2, 0) is 17.5 Å². The van der Waals surface area contributed by atoms with Crippen molar-refractivity contribution >= 4 is 28.8 Å². The molecule has 1 aliphatic heterocycles. The summed E-state index contributed by atoms with van der Waals surface area (Å²) in [5.41, 5.74) is 1.50. The Morgan fingerprint density at radius 3 is 2.36 bits per heavy atom. The molecule has 1 saturated heterocycles. The number of nitrogens with zero attached hydrogens (tertiary/aromatic N) is 2. The predicted octanol–water partition coefficient (Wildman–Crippen LogP) is 9.61. The number of aromatic nitrogens is 1. The number of carbonyl (C=O) groups excluding carboxylic acids is 1. The van der Waals surface area contributed by atoms with Gasteiger partial charge in [0.05, 0.1) is 11.1 Å². The standard InChI is InChI=1S/C35H29F3N2O3S/c36-35(37,38)32-14-6-13-31-30(15-18-39-33(31)32)25-9-4-10-26(21-25)43-27-11-5-12-29(22-27)44-28-16-19-40(20-17-28)34(41)42-23-24-7-2-1-3-8-24/h1-15,18,21-22,28H,16-17,19-20,23H2. The normalized spacial score (nSPS) is 14.0. The molecule has 44 heavy (non-hydrogen) atoms. The molecule has 5 aromatic rings.